The SMILES string of the molecule is O=C(CC1COCCN1c1ncnc2c1cnn2-c1ccccc1)c1cccs1. The molecule has 1 aliphatic heterocycles. The van der Waals surface area contributed by atoms with Gasteiger partial charge in [-0.1, -0.05) is 24.3 Å². The van der Waals surface area contributed by atoms with E-state index in [-0.39, 0.29) is 11.8 Å². The number of thiophene rings is 1. The van der Waals surface area contributed by atoms with E-state index in [1.54, 1.807) is 12.5 Å². The molecule has 146 valence electrons. The van der Waals surface area contributed by atoms with Crippen LogP contribution in [0.2, 0.25) is 0 Å². The molecular formula is C21H19N5O2S. The molecule has 3 aromatic heterocycles. The van der Waals surface area contributed by atoms with Gasteiger partial charge in [-0.05, 0) is 23.6 Å². The number of aromatic nitrogens is 4. The van der Waals surface area contributed by atoms with Crippen LogP contribution in [0, 0.1) is 0 Å². The molecule has 0 bridgehead atoms. The van der Waals surface area contributed by atoms with E-state index in [9.17, 15) is 4.79 Å². The van der Waals surface area contributed by atoms with Crippen molar-refractivity contribution in [3.63, 3.8) is 0 Å². The summed E-state index contributed by atoms with van der Waals surface area (Å²) in [5, 5.41) is 7.33. The van der Waals surface area contributed by atoms with Gasteiger partial charge in [0.05, 0.1) is 41.4 Å². The molecule has 1 aromatic carbocycles. The molecule has 1 unspecified atom stereocenters. The predicted octanol–water partition coefficient (Wildman–Crippen LogP) is 3.36. The molecule has 0 radical (unpaired) electrons. The van der Waals surface area contributed by atoms with Gasteiger partial charge >= 0.3 is 0 Å². The van der Waals surface area contributed by atoms with Gasteiger partial charge in [0.25, 0.3) is 0 Å². The number of nitrogens with zero attached hydrogens (tertiary/aromatic N) is 5. The molecule has 1 fully saturated rings. The van der Waals surface area contributed by atoms with Gasteiger partial charge < -0.3 is 9.64 Å². The Labute approximate surface area is 171 Å². The molecule has 7 nitrogen and oxygen atoms in total. The van der Waals surface area contributed by atoms with E-state index in [4.69, 9.17) is 4.74 Å². The molecule has 29 heavy (non-hydrogen) atoms. The molecule has 0 N–H and O–H groups in total. The Kier molecular flexibility index (Phi) is 4.79. The van der Waals surface area contributed by atoms with Crippen molar-refractivity contribution in [2.24, 2.45) is 0 Å². The van der Waals surface area contributed by atoms with Crippen LogP contribution in [0.5, 0.6) is 0 Å². The Morgan fingerprint density at radius 3 is 2.90 bits per heavy atom. The number of para-hydroxylation sites is 1. The smallest absolute Gasteiger partial charge is 0.174 e. The van der Waals surface area contributed by atoms with E-state index < -0.39 is 0 Å². The highest BCUT2D eigenvalue weighted by atomic mass is 32.1. The van der Waals surface area contributed by atoms with Crippen molar-refractivity contribution >= 4 is 34.0 Å². The average molecular weight is 405 g/mol. The first-order valence-corrected chi connectivity index (χ1v) is 10.3. The first-order valence-electron chi connectivity index (χ1n) is 9.46. The number of carbonyl (C=O) groups excluding carboxylic acids is 1. The third-order valence-corrected chi connectivity index (χ3v) is 5.97. The molecule has 0 amide bonds. The van der Waals surface area contributed by atoms with Crippen LogP contribution in [0.3, 0.4) is 0 Å². The molecule has 4 heterocycles. The highest BCUT2D eigenvalue weighted by Crippen LogP contribution is 2.28. The Balaban J connectivity index is 1.50. The van der Waals surface area contributed by atoms with E-state index in [1.807, 2.05) is 52.5 Å². The second-order valence-electron chi connectivity index (χ2n) is 6.85. The fourth-order valence-corrected chi connectivity index (χ4v) is 4.35. The maximum atomic E-state index is 12.7. The molecule has 1 saturated heterocycles. The number of ether oxygens (including phenoxy) is 1. The molecule has 1 aliphatic rings. The number of rotatable bonds is 5. The van der Waals surface area contributed by atoms with Crippen molar-refractivity contribution in [1.82, 2.24) is 19.7 Å². The van der Waals surface area contributed by atoms with Crippen LogP contribution in [0.1, 0.15) is 16.1 Å². The Bertz CT molecular complexity index is 1130. The Morgan fingerprint density at radius 1 is 1.17 bits per heavy atom. The average Bonchev–Trinajstić information content (AvgIpc) is 3.45. The molecule has 0 spiro atoms. The number of benzene rings is 1. The second kappa shape index (κ2) is 7.73. The van der Waals surface area contributed by atoms with Crippen molar-refractivity contribution in [2.45, 2.75) is 12.5 Å². The van der Waals surface area contributed by atoms with Crippen LogP contribution >= 0.6 is 11.3 Å². The van der Waals surface area contributed by atoms with Gasteiger partial charge in [-0.25, -0.2) is 14.6 Å². The van der Waals surface area contributed by atoms with Crippen LogP contribution in [-0.2, 0) is 4.74 Å². The van der Waals surface area contributed by atoms with Gasteiger partial charge in [0.2, 0.25) is 0 Å². The van der Waals surface area contributed by atoms with Crippen molar-refractivity contribution < 1.29 is 9.53 Å². The number of carbonyl (C=O) groups is 1. The van der Waals surface area contributed by atoms with Gasteiger partial charge in [-0.15, -0.1) is 11.3 Å². The summed E-state index contributed by atoms with van der Waals surface area (Å²) in [5.41, 5.74) is 1.69. The molecule has 0 aliphatic carbocycles. The number of morpholine rings is 1. The van der Waals surface area contributed by atoms with Crippen molar-refractivity contribution in [3.8, 4) is 5.69 Å². The van der Waals surface area contributed by atoms with E-state index in [1.165, 1.54) is 11.3 Å². The minimum atomic E-state index is -0.0727. The first-order chi connectivity index (χ1) is 14.3. The number of fused-ring (bicyclic) bond motifs is 1. The summed E-state index contributed by atoms with van der Waals surface area (Å²) < 4.78 is 7.50. The Hall–Kier alpha value is -3.10. The lowest BCUT2D eigenvalue weighted by Gasteiger charge is -2.36. The maximum Gasteiger partial charge on any atom is 0.174 e. The van der Waals surface area contributed by atoms with Crippen LogP contribution in [-0.4, -0.2) is 51.3 Å². The third kappa shape index (κ3) is 3.41. The lowest BCUT2D eigenvalue weighted by Crippen LogP contribution is -2.47. The van der Waals surface area contributed by atoms with Crippen LogP contribution in [0.4, 0.5) is 5.82 Å². The van der Waals surface area contributed by atoms with Gasteiger partial charge in [-0.3, -0.25) is 4.79 Å². The lowest BCUT2D eigenvalue weighted by molar-refractivity contribution is 0.0793. The normalized spacial score (nSPS) is 17.0. The minimum absolute atomic E-state index is 0.0727. The second-order valence-corrected chi connectivity index (χ2v) is 7.80. The van der Waals surface area contributed by atoms with Crippen LogP contribution in [0.15, 0.2) is 60.4 Å². The van der Waals surface area contributed by atoms with Crippen molar-refractivity contribution in [2.75, 3.05) is 24.7 Å². The molecule has 5 rings (SSSR count). The lowest BCUT2D eigenvalue weighted by atomic mass is 10.1. The number of hydrogen-bond donors (Lipinski definition) is 0. The molecule has 4 aromatic rings. The number of Topliss-reactive ketones (excluding diaryl/α,β-unsaturated/α-hetero) is 1. The quantitative estimate of drug-likeness (QED) is 0.474. The zero-order chi connectivity index (χ0) is 19.6. The van der Waals surface area contributed by atoms with E-state index in [2.05, 4.69) is 20.0 Å². The summed E-state index contributed by atoms with van der Waals surface area (Å²) in [4.78, 5) is 24.6. The predicted molar refractivity (Wildman–Crippen MR) is 112 cm³/mol. The fourth-order valence-electron chi connectivity index (χ4n) is 3.67. The fraction of sp³-hybridized carbons (Fsp3) is 0.238. The standard InChI is InChI=1S/C21H19N5O2S/c27-18(19-7-4-10-29-19)11-16-13-28-9-8-25(16)20-17-12-24-26(21(17)23-14-22-20)15-5-2-1-3-6-15/h1-7,10,12,14,16H,8-9,11,13H2. The van der Waals surface area contributed by atoms with Crippen molar-refractivity contribution in [3.05, 3.63) is 65.2 Å². The first kappa shape index (κ1) is 18.0. The molecular weight excluding hydrogens is 386 g/mol. The highest BCUT2D eigenvalue weighted by molar-refractivity contribution is 7.12. The van der Waals surface area contributed by atoms with E-state index in [0.29, 0.717) is 26.2 Å². The maximum absolute atomic E-state index is 12.7. The highest BCUT2D eigenvalue weighted by Gasteiger charge is 2.29. The summed E-state index contributed by atoms with van der Waals surface area (Å²) in [5.74, 6) is 0.926. The minimum Gasteiger partial charge on any atom is -0.377 e. The monoisotopic (exact) mass is 405 g/mol. The number of ketones is 1. The topological polar surface area (TPSA) is 73.1 Å². The van der Waals surface area contributed by atoms with Crippen LogP contribution in [0.25, 0.3) is 16.7 Å². The molecule has 0 saturated carbocycles. The zero-order valence-corrected chi connectivity index (χ0v) is 16.5. The molecule has 1 atom stereocenters. The van der Waals surface area contributed by atoms with Gasteiger partial charge in [-0.2, -0.15) is 5.10 Å². The van der Waals surface area contributed by atoms with Crippen molar-refractivity contribution in [1.29, 1.82) is 0 Å². The third-order valence-electron chi connectivity index (χ3n) is 5.06. The van der Waals surface area contributed by atoms with Gasteiger partial charge in [0.1, 0.15) is 12.1 Å². The zero-order valence-electron chi connectivity index (χ0n) is 15.6. The van der Waals surface area contributed by atoms with E-state index >= 15 is 0 Å². The summed E-state index contributed by atoms with van der Waals surface area (Å²) >= 11 is 1.47. The van der Waals surface area contributed by atoms with Gasteiger partial charge in [0, 0.05) is 13.0 Å². The Morgan fingerprint density at radius 2 is 2.07 bits per heavy atom. The van der Waals surface area contributed by atoms with Crippen LogP contribution < -0.4 is 4.90 Å². The number of anilines is 1. The summed E-state index contributed by atoms with van der Waals surface area (Å²) in [6.07, 6.45) is 3.75. The number of hydrogen-bond acceptors (Lipinski definition) is 7. The van der Waals surface area contributed by atoms with E-state index in [0.717, 1.165) is 27.4 Å². The summed E-state index contributed by atoms with van der Waals surface area (Å²) in [7, 11) is 0. The largest absolute Gasteiger partial charge is 0.377 e. The van der Waals surface area contributed by atoms with Gasteiger partial charge in [0.15, 0.2) is 11.4 Å². The summed E-state index contributed by atoms with van der Waals surface area (Å²) in [6.45, 7) is 1.77. The summed E-state index contributed by atoms with van der Waals surface area (Å²) in [6, 6.07) is 13.6. The molecule has 8 heteroatoms.